The summed E-state index contributed by atoms with van der Waals surface area (Å²) >= 11 is 0. The van der Waals surface area contributed by atoms with Gasteiger partial charge in [0.15, 0.2) is 0 Å². The lowest BCUT2D eigenvalue weighted by Gasteiger charge is -2.32. The van der Waals surface area contributed by atoms with E-state index >= 15 is 0 Å². The van der Waals surface area contributed by atoms with E-state index in [9.17, 15) is 13.0 Å². The van der Waals surface area contributed by atoms with E-state index < -0.39 is 10.3 Å². The third-order valence-corrected chi connectivity index (χ3v) is 5.43. The number of allylic oxidation sites excluding steroid dienone is 3. The molecule has 1 aliphatic carbocycles. The molecule has 0 spiro atoms. The monoisotopic (exact) mass is 304 g/mol. The van der Waals surface area contributed by atoms with Crippen LogP contribution in [0, 0.1) is 0 Å². The highest BCUT2D eigenvalue weighted by molar-refractivity contribution is 7.83. The maximum absolute atomic E-state index is 11.5. The van der Waals surface area contributed by atoms with Crippen LogP contribution in [0.5, 0.6) is 0 Å². The Morgan fingerprint density at radius 3 is 2.90 bits per heavy atom. The lowest BCUT2D eigenvalue weighted by molar-refractivity contribution is 0.355. The Morgan fingerprint density at radius 2 is 2.10 bits per heavy atom. The number of nitrogens with zero attached hydrogens (tertiary/aromatic N) is 2. The number of rotatable bonds is 1. The minimum absolute atomic E-state index is 0.224. The lowest BCUT2D eigenvalue weighted by atomic mass is 9.87. The second kappa shape index (κ2) is 4.43. The van der Waals surface area contributed by atoms with Crippen LogP contribution in [-0.2, 0) is 16.8 Å². The molecule has 0 bridgehead atoms. The van der Waals surface area contributed by atoms with E-state index in [1.807, 2.05) is 12.1 Å². The molecule has 1 unspecified atom stereocenters. The molecule has 0 radical (unpaired) electrons. The van der Waals surface area contributed by atoms with Crippen LogP contribution in [0.3, 0.4) is 0 Å². The molecule has 2 aliphatic heterocycles. The van der Waals surface area contributed by atoms with Gasteiger partial charge in [-0.1, -0.05) is 30.4 Å². The van der Waals surface area contributed by atoms with Crippen molar-refractivity contribution in [3.63, 3.8) is 0 Å². The number of hydrogen-bond donors (Lipinski definition) is 1. The number of anilines is 1. The fourth-order valence-electron chi connectivity index (χ4n) is 3.51. The van der Waals surface area contributed by atoms with E-state index in [1.165, 1.54) is 11.1 Å². The molecule has 0 fully saturated rings. The van der Waals surface area contributed by atoms with Gasteiger partial charge in [0.25, 0.3) is 0 Å². The molecule has 110 valence electrons. The molecule has 1 aromatic rings. The first kappa shape index (κ1) is 13.1. The molecule has 4 rings (SSSR count). The molecule has 2 heterocycles. The Bertz CT molecular complexity index is 767. The summed E-state index contributed by atoms with van der Waals surface area (Å²) in [4.78, 5) is 2.12. The number of benzene rings is 1. The largest absolute Gasteiger partial charge is 0.346 e. The molecule has 0 saturated carbocycles. The fraction of sp³-hybridized carbons (Fsp3) is 0.333. The number of fused-ring (bicyclic) bond motifs is 2. The molecule has 3 aliphatic rings. The highest BCUT2D eigenvalue weighted by Gasteiger charge is 2.33. The molecule has 1 atom stereocenters. The molecule has 5 nitrogen and oxygen atoms in total. The molecule has 0 amide bonds. The average Bonchev–Trinajstić information content (AvgIpc) is 2.81. The molecular formula is C15H16N2O3S. The minimum Gasteiger partial charge on any atom is -0.346 e. The van der Waals surface area contributed by atoms with Gasteiger partial charge in [-0.25, -0.2) is 0 Å². The average molecular weight is 304 g/mol. The first-order chi connectivity index (χ1) is 10.0. The van der Waals surface area contributed by atoms with Gasteiger partial charge < -0.3 is 4.90 Å². The van der Waals surface area contributed by atoms with Gasteiger partial charge in [0, 0.05) is 37.4 Å². The van der Waals surface area contributed by atoms with E-state index in [0.717, 1.165) is 22.0 Å². The zero-order chi connectivity index (χ0) is 14.6. The molecular weight excluding hydrogens is 288 g/mol. The van der Waals surface area contributed by atoms with Gasteiger partial charge in [0.2, 0.25) is 0 Å². The van der Waals surface area contributed by atoms with Crippen LogP contribution in [0.2, 0.25) is 0 Å². The van der Waals surface area contributed by atoms with E-state index in [0.29, 0.717) is 12.5 Å². The Morgan fingerprint density at radius 1 is 1.24 bits per heavy atom. The molecule has 0 saturated heterocycles. The van der Waals surface area contributed by atoms with Crippen molar-refractivity contribution < 1.29 is 13.0 Å². The second-order valence-electron chi connectivity index (χ2n) is 5.68. The summed E-state index contributed by atoms with van der Waals surface area (Å²) in [7, 11) is -4.16. The van der Waals surface area contributed by atoms with Gasteiger partial charge in [0.05, 0.1) is 0 Å². The van der Waals surface area contributed by atoms with Crippen molar-refractivity contribution in [2.45, 2.75) is 18.9 Å². The maximum atomic E-state index is 11.5. The maximum Gasteiger partial charge on any atom is 0.336 e. The molecule has 0 aromatic heterocycles. The summed E-state index contributed by atoms with van der Waals surface area (Å²) in [6.07, 6.45) is 7.45. The van der Waals surface area contributed by atoms with Crippen molar-refractivity contribution >= 4 is 16.0 Å². The van der Waals surface area contributed by atoms with E-state index in [1.54, 1.807) is 0 Å². The summed E-state index contributed by atoms with van der Waals surface area (Å²) < 4.78 is 33.4. The van der Waals surface area contributed by atoms with Gasteiger partial charge in [-0.3, -0.25) is 4.55 Å². The van der Waals surface area contributed by atoms with Crippen molar-refractivity contribution in [3.8, 4) is 0 Å². The number of para-hydroxylation sites is 1. The predicted octanol–water partition coefficient (Wildman–Crippen LogP) is 2.05. The Labute approximate surface area is 124 Å². The molecule has 21 heavy (non-hydrogen) atoms. The molecule has 1 N–H and O–H groups in total. The standard InChI is InChI=1S/C15H16N2O3S/c18-21(19,20)17-8-7-16-9-11-3-1-5-13(11)14-6-2-4-12(10-17)15(14)16/h1-4,6,9,13H,5,7-8,10H2,(H,18,19,20). The van der Waals surface area contributed by atoms with Crippen molar-refractivity contribution in [3.05, 3.63) is 53.3 Å². The third kappa shape index (κ3) is 2.02. The van der Waals surface area contributed by atoms with Gasteiger partial charge in [-0.2, -0.15) is 12.7 Å². The minimum atomic E-state index is -4.16. The van der Waals surface area contributed by atoms with Crippen LogP contribution in [0.4, 0.5) is 5.69 Å². The van der Waals surface area contributed by atoms with E-state index in [4.69, 9.17) is 0 Å². The van der Waals surface area contributed by atoms with Crippen molar-refractivity contribution in [2.24, 2.45) is 0 Å². The zero-order valence-corrected chi connectivity index (χ0v) is 12.3. The predicted molar refractivity (Wildman–Crippen MR) is 80.3 cm³/mol. The lowest BCUT2D eigenvalue weighted by Crippen LogP contribution is -2.34. The van der Waals surface area contributed by atoms with Crippen molar-refractivity contribution in [1.82, 2.24) is 4.31 Å². The Balaban J connectivity index is 1.86. The van der Waals surface area contributed by atoms with Crippen LogP contribution in [0.15, 0.2) is 42.1 Å². The van der Waals surface area contributed by atoms with Crippen LogP contribution in [-0.4, -0.2) is 30.4 Å². The van der Waals surface area contributed by atoms with Crippen LogP contribution in [0.25, 0.3) is 0 Å². The van der Waals surface area contributed by atoms with Crippen LogP contribution >= 0.6 is 0 Å². The van der Waals surface area contributed by atoms with E-state index in [-0.39, 0.29) is 13.1 Å². The smallest absolute Gasteiger partial charge is 0.336 e. The van der Waals surface area contributed by atoms with Crippen LogP contribution < -0.4 is 4.90 Å². The SMILES string of the molecule is O=S(=O)(O)N1CCN2C=C3C=CCC3c3cccc(c32)C1. The van der Waals surface area contributed by atoms with Gasteiger partial charge >= 0.3 is 10.3 Å². The summed E-state index contributed by atoms with van der Waals surface area (Å²) in [5.74, 6) is 0.383. The summed E-state index contributed by atoms with van der Waals surface area (Å²) in [5.41, 5.74) is 4.60. The Kier molecular flexibility index (Phi) is 2.76. The first-order valence-electron chi connectivity index (χ1n) is 7.03. The summed E-state index contributed by atoms with van der Waals surface area (Å²) in [6.45, 7) is 1.06. The highest BCUT2D eigenvalue weighted by atomic mass is 32.2. The van der Waals surface area contributed by atoms with Gasteiger partial charge in [-0.15, -0.1) is 0 Å². The molecule has 1 aromatic carbocycles. The molecule has 6 heteroatoms. The van der Waals surface area contributed by atoms with Gasteiger partial charge in [-0.05, 0) is 23.1 Å². The fourth-order valence-corrected chi connectivity index (χ4v) is 4.12. The van der Waals surface area contributed by atoms with Crippen LogP contribution in [0.1, 0.15) is 23.5 Å². The third-order valence-electron chi connectivity index (χ3n) is 4.47. The number of hydrogen-bond acceptors (Lipinski definition) is 3. The van der Waals surface area contributed by atoms with Crippen molar-refractivity contribution in [2.75, 3.05) is 18.0 Å². The zero-order valence-electron chi connectivity index (χ0n) is 11.4. The highest BCUT2D eigenvalue weighted by Crippen LogP contribution is 2.45. The van der Waals surface area contributed by atoms with Gasteiger partial charge in [0.1, 0.15) is 0 Å². The summed E-state index contributed by atoms with van der Waals surface area (Å²) in [5, 5.41) is 0. The second-order valence-corrected chi connectivity index (χ2v) is 7.09. The van der Waals surface area contributed by atoms with E-state index in [2.05, 4.69) is 29.3 Å². The topological polar surface area (TPSA) is 60.9 Å². The summed E-state index contributed by atoms with van der Waals surface area (Å²) in [6, 6.07) is 6.04. The normalized spacial score (nSPS) is 24.3. The Hall–Kier alpha value is -1.63. The first-order valence-corrected chi connectivity index (χ1v) is 8.43. The quantitative estimate of drug-likeness (QED) is 0.807. The van der Waals surface area contributed by atoms with Crippen molar-refractivity contribution in [1.29, 1.82) is 0 Å².